The molecule has 2 nitrogen and oxygen atoms in total. The average molecular weight is 337 g/mol. The van der Waals surface area contributed by atoms with Crippen molar-refractivity contribution in [1.29, 1.82) is 0 Å². The summed E-state index contributed by atoms with van der Waals surface area (Å²) >= 11 is 3.27. The Balaban J connectivity index is 1.79. The lowest BCUT2D eigenvalue weighted by Gasteiger charge is -2.17. The summed E-state index contributed by atoms with van der Waals surface area (Å²) in [6.07, 6.45) is -0.189. The maximum Gasteiger partial charge on any atom is 0.124 e. The minimum absolute atomic E-state index is 0.0618. The van der Waals surface area contributed by atoms with E-state index in [1.807, 2.05) is 30.3 Å². The fourth-order valence-corrected chi connectivity index (χ4v) is 3.13. The zero-order chi connectivity index (χ0) is 14.1. The molecule has 0 aromatic heterocycles. The number of aliphatic hydroxyl groups is 1. The minimum atomic E-state index is -0.590. The fourth-order valence-electron chi connectivity index (χ4n) is 2.62. The highest BCUT2D eigenvalue weighted by Gasteiger charge is 2.30. The number of benzene rings is 2. The number of fused-ring (bicyclic) bond motifs is 1. The molecule has 2 aromatic rings. The number of para-hydroxylation sites is 1. The van der Waals surface area contributed by atoms with Gasteiger partial charge < -0.3 is 9.84 Å². The Morgan fingerprint density at radius 3 is 2.90 bits per heavy atom. The normalized spacial score (nSPS) is 18.4. The van der Waals surface area contributed by atoms with E-state index in [0.717, 1.165) is 16.9 Å². The third-order valence-corrected chi connectivity index (χ3v) is 4.03. The molecule has 2 aromatic carbocycles. The molecule has 104 valence electrons. The minimum Gasteiger partial charge on any atom is -0.493 e. The summed E-state index contributed by atoms with van der Waals surface area (Å²) in [7, 11) is 0. The third-order valence-electron chi connectivity index (χ3n) is 3.57. The molecule has 0 aliphatic carbocycles. The van der Waals surface area contributed by atoms with Crippen LogP contribution in [0.2, 0.25) is 0 Å². The lowest BCUT2D eigenvalue weighted by molar-refractivity contribution is 0.129. The Bertz CT molecular complexity index is 609. The van der Waals surface area contributed by atoms with Crippen LogP contribution in [0, 0.1) is 5.82 Å². The number of hydrogen-bond donors (Lipinski definition) is 1. The van der Waals surface area contributed by atoms with E-state index in [1.54, 1.807) is 0 Å². The molecular formula is C16H14BrFO2. The summed E-state index contributed by atoms with van der Waals surface area (Å²) in [5.74, 6) is 0.467. The van der Waals surface area contributed by atoms with E-state index in [0.29, 0.717) is 17.5 Å². The van der Waals surface area contributed by atoms with Gasteiger partial charge >= 0.3 is 0 Å². The first-order valence-corrected chi connectivity index (χ1v) is 7.27. The van der Waals surface area contributed by atoms with Gasteiger partial charge in [-0.1, -0.05) is 34.1 Å². The smallest absolute Gasteiger partial charge is 0.124 e. The highest BCUT2D eigenvalue weighted by Crippen LogP contribution is 2.36. The van der Waals surface area contributed by atoms with Crippen molar-refractivity contribution < 1.29 is 14.2 Å². The van der Waals surface area contributed by atoms with Crippen molar-refractivity contribution in [2.75, 3.05) is 6.61 Å². The number of halogens is 2. The van der Waals surface area contributed by atoms with Crippen molar-refractivity contribution in [3.8, 4) is 5.75 Å². The van der Waals surface area contributed by atoms with Gasteiger partial charge in [-0.3, -0.25) is 0 Å². The molecule has 1 heterocycles. The first kappa shape index (κ1) is 13.6. The topological polar surface area (TPSA) is 29.5 Å². The molecule has 0 saturated heterocycles. The summed E-state index contributed by atoms with van der Waals surface area (Å²) < 4.78 is 19.6. The fraction of sp³-hybridized carbons (Fsp3) is 0.250. The van der Waals surface area contributed by atoms with Crippen LogP contribution in [-0.4, -0.2) is 17.8 Å². The van der Waals surface area contributed by atoms with E-state index < -0.39 is 6.10 Å². The zero-order valence-electron chi connectivity index (χ0n) is 10.7. The van der Waals surface area contributed by atoms with Gasteiger partial charge in [-0.25, -0.2) is 4.39 Å². The second kappa shape index (κ2) is 5.54. The Kier molecular flexibility index (Phi) is 3.76. The third kappa shape index (κ3) is 2.72. The van der Waals surface area contributed by atoms with Gasteiger partial charge in [0, 0.05) is 16.0 Å². The molecule has 0 spiro atoms. The van der Waals surface area contributed by atoms with Gasteiger partial charge in [0.2, 0.25) is 0 Å². The molecule has 3 rings (SSSR count). The number of ether oxygens (including phenoxy) is 1. The lowest BCUT2D eigenvalue weighted by atomic mass is 9.91. The maximum atomic E-state index is 13.4. The van der Waals surface area contributed by atoms with Crippen LogP contribution in [0.15, 0.2) is 46.9 Å². The van der Waals surface area contributed by atoms with Crippen molar-refractivity contribution in [1.82, 2.24) is 0 Å². The van der Waals surface area contributed by atoms with E-state index in [-0.39, 0.29) is 11.7 Å². The van der Waals surface area contributed by atoms with Crippen LogP contribution >= 0.6 is 15.9 Å². The Labute approximate surface area is 125 Å². The van der Waals surface area contributed by atoms with E-state index in [4.69, 9.17) is 4.74 Å². The van der Waals surface area contributed by atoms with Crippen LogP contribution in [0.1, 0.15) is 17.0 Å². The molecule has 20 heavy (non-hydrogen) atoms. The monoisotopic (exact) mass is 336 g/mol. The van der Waals surface area contributed by atoms with Crippen LogP contribution in [0.25, 0.3) is 0 Å². The first-order valence-electron chi connectivity index (χ1n) is 6.48. The van der Waals surface area contributed by atoms with E-state index in [2.05, 4.69) is 15.9 Å². The molecule has 4 heteroatoms. The second-order valence-electron chi connectivity index (χ2n) is 5.00. The molecular weight excluding hydrogens is 323 g/mol. The van der Waals surface area contributed by atoms with Crippen molar-refractivity contribution in [2.45, 2.75) is 18.4 Å². The van der Waals surface area contributed by atoms with Gasteiger partial charge in [-0.15, -0.1) is 0 Å². The number of hydrogen-bond acceptors (Lipinski definition) is 2. The quantitative estimate of drug-likeness (QED) is 0.926. The Morgan fingerprint density at radius 2 is 2.10 bits per heavy atom. The molecule has 1 aliphatic heterocycles. The van der Waals surface area contributed by atoms with Crippen molar-refractivity contribution in [3.63, 3.8) is 0 Å². The molecule has 1 aliphatic rings. The van der Waals surface area contributed by atoms with Crippen LogP contribution in [0.4, 0.5) is 4.39 Å². The first-order chi connectivity index (χ1) is 9.63. The zero-order valence-corrected chi connectivity index (χ0v) is 12.3. The predicted molar refractivity (Wildman–Crippen MR) is 78.5 cm³/mol. The van der Waals surface area contributed by atoms with Gasteiger partial charge in [0.05, 0.1) is 12.7 Å². The number of aliphatic hydroxyl groups excluding tert-OH is 1. The molecule has 0 bridgehead atoms. The van der Waals surface area contributed by atoms with Crippen molar-refractivity contribution >= 4 is 15.9 Å². The summed E-state index contributed by atoms with van der Waals surface area (Å²) in [4.78, 5) is 0. The van der Waals surface area contributed by atoms with Gasteiger partial charge in [0.25, 0.3) is 0 Å². The highest BCUT2D eigenvalue weighted by atomic mass is 79.9. The molecule has 0 radical (unpaired) electrons. The number of rotatable bonds is 3. The van der Waals surface area contributed by atoms with Crippen molar-refractivity contribution in [2.24, 2.45) is 0 Å². The van der Waals surface area contributed by atoms with Crippen LogP contribution in [0.5, 0.6) is 5.75 Å². The van der Waals surface area contributed by atoms with E-state index in [1.165, 1.54) is 12.1 Å². The van der Waals surface area contributed by atoms with Crippen molar-refractivity contribution in [3.05, 3.63) is 63.9 Å². The van der Waals surface area contributed by atoms with E-state index in [9.17, 15) is 9.50 Å². The molecule has 0 amide bonds. The summed E-state index contributed by atoms with van der Waals surface area (Å²) in [6, 6.07) is 12.4. The van der Waals surface area contributed by atoms with Gasteiger partial charge in [0.15, 0.2) is 0 Å². The van der Waals surface area contributed by atoms with Gasteiger partial charge in [-0.05, 0) is 36.2 Å². The summed E-state index contributed by atoms with van der Waals surface area (Å²) in [6.45, 7) is 0.469. The van der Waals surface area contributed by atoms with Gasteiger partial charge in [0.1, 0.15) is 11.6 Å². The molecule has 0 saturated carbocycles. The second-order valence-corrected chi connectivity index (χ2v) is 5.92. The highest BCUT2D eigenvalue weighted by molar-refractivity contribution is 9.10. The lowest BCUT2D eigenvalue weighted by Crippen LogP contribution is -2.22. The molecule has 1 N–H and O–H groups in total. The van der Waals surface area contributed by atoms with Gasteiger partial charge in [-0.2, -0.15) is 0 Å². The molecule has 2 unspecified atom stereocenters. The van der Waals surface area contributed by atoms with E-state index >= 15 is 0 Å². The summed E-state index contributed by atoms with van der Waals surface area (Å²) in [5.41, 5.74) is 1.80. The SMILES string of the molecule is OC(Cc1cc(F)cc(Br)c1)C1COc2ccccc21. The molecule has 0 fully saturated rings. The Morgan fingerprint density at radius 1 is 1.30 bits per heavy atom. The standard InChI is InChI=1S/C16H14BrFO2/c17-11-5-10(6-12(18)8-11)7-15(19)14-9-20-16-4-2-1-3-13(14)16/h1-6,8,14-15,19H,7,9H2. The maximum absolute atomic E-state index is 13.4. The van der Waals surface area contributed by atoms with Crippen LogP contribution in [-0.2, 0) is 6.42 Å². The van der Waals surface area contributed by atoms with Crippen LogP contribution < -0.4 is 4.74 Å². The molecule has 2 atom stereocenters. The summed E-state index contributed by atoms with van der Waals surface area (Å²) in [5, 5.41) is 10.4. The largest absolute Gasteiger partial charge is 0.493 e. The Hall–Kier alpha value is -1.39. The average Bonchev–Trinajstić information content (AvgIpc) is 2.81. The predicted octanol–water partition coefficient (Wildman–Crippen LogP) is 3.67. The van der Waals surface area contributed by atoms with Crippen LogP contribution in [0.3, 0.4) is 0 Å².